The molecule has 10 nitrogen and oxygen atoms in total. The maximum Gasteiger partial charge on any atom is 0.331 e. The van der Waals surface area contributed by atoms with Gasteiger partial charge in [-0.15, -0.1) is 0 Å². The number of benzene rings is 3. The lowest BCUT2D eigenvalue weighted by Gasteiger charge is -2.17. The minimum atomic E-state index is -1.43. The summed E-state index contributed by atoms with van der Waals surface area (Å²) < 4.78 is 5.34. The van der Waals surface area contributed by atoms with Crippen molar-refractivity contribution >= 4 is 35.0 Å². The minimum Gasteiger partial charge on any atom is -0.444 e. The maximum atomic E-state index is 13.0. The molecule has 1 atom stereocenters. The van der Waals surface area contributed by atoms with Crippen molar-refractivity contribution in [2.45, 2.75) is 13.0 Å². The fourth-order valence-electron chi connectivity index (χ4n) is 3.11. The molecule has 0 heterocycles. The van der Waals surface area contributed by atoms with Crippen LogP contribution in [0.4, 0.5) is 17.1 Å². The third-order valence-electron chi connectivity index (χ3n) is 4.71. The SMILES string of the molecule is Cc1ccc(NC(=O)C(OC(=O)/C=C/c2ccccc2[N+](=O)[O-])c2ccccc2)c([N+](=O)[O-])c1. The lowest BCUT2D eigenvalue weighted by atomic mass is 10.1. The highest BCUT2D eigenvalue weighted by Crippen LogP contribution is 2.28. The Labute approximate surface area is 193 Å². The first kappa shape index (κ1) is 23.8. The molecule has 0 fully saturated rings. The summed E-state index contributed by atoms with van der Waals surface area (Å²) in [5.74, 6) is -1.73. The number of para-hydroxylation sites is 1. The van der Waals surface area contributed by atoms with Crippen molar-refractivity contribution in [3.8, 4) is 0 Å². The number of amides is 1. The average molecular weight is 461 g/mol. The van der Waals surface area contributed by atoms with Gasteiger partial charge in [0, 0.05) is 23.8 Å². The zero-order valence-electron chi connectivity index (χ0n) is 17.9. The predicted octanol–water partition coefficient (Wildman–Crippen LogP) is 4.75. The molecule has 34 heavy (non-hydrogen) atoms. The second kappa shape index (κ2) is 10.6. The maximum absolute atomic E-state index is 13.0. The number of hydrogen-bond acceptors (Lipinski definition) is 7. The highest BCUT2D eigenvalue weighted by Gasteiger charge is 2.27. The number of carbonyl (C=O) groups excluding carboxylic acids is 2. The first-order chi connectivity index (χ1) is 16.3. The molecule has 0 aliphatic heterocycles. The molecule has 172 valence electrons. The largest absolute Gasteiger partial charge is 0.444 e. The van der Waals surface area contributed by atoms with E-state index >= 15 is 0 Å². The van der Waals surface area contributed by atoms with E-state index in [0.29, 0.717) is 11.1 Å². The average Bonchev–Trinajstić information content (AvgIpc) is 2.82. The van der Waals surface area contributed by atoms with Gasteiger partial charge in [0.25, 0.3) is 17.3 Å². The van der Waals surface area contributed by atoms with Crippen LogP contribution in [0.5, 0.6) is 0 Å². The fourth-order valence-corrected chi connectivity index (χ4v) is 3.11. The molecule has 0 radical (unpaired) electrons. The van der Waals surface area contributed by atoms with Crippen LogP contribution in [0.25, 0.3) is 6.08 Å². The third kappa shape index (κ3) is 5.88. The Morgan fingerprint density at radius 1 is 0.912 bits per heavy atom. The molecule has 0 aliphatic carbocycles. The van der Waals surface area contributed by atoms with E-state index in [1.807, 2.05) is 0 Å². The van der Waals surface area contributed by atoms with Crippen LogP contribution in [0.1, 0.15) is 22.8 Å². The Bertz CT molecular complexity index is 1270. The minimum absolute atomic E-state index is 0.0481. The van der Waals surface area contributed by atoms with Crippen LogP contribution in [0.3, 0.4) is 0 Å². The summed E-state index contributed by atoms with van der Waals surface area (Å²) >= 11 is 0. The molecule has 10 heteroatoms. The fraction of sp³-hybridized carbons (Fsp3) is 0.0833. The van der Waals surface area contributed by atoms with Crippen LogP contribution in [0.15, 0.2) is 78.9 Å². The normalized spacial score (nSPS) is 11.6. The number of nitrogens with zero attached hydrogens (tertiary/aromatic N) is 2. The van der Waals surface area contributed by atoms with E-state index in [9.17, 15) is 29.8 Å². The highest BCUT2D eigenvalue weighted by molar-refractivity contribution is 5.99. The van der Waals surface area contributed by atoms with Crippen molar-refractivity contribution in [1.29, 1.82) is 0 Å². The molecule has 3 aromatic rings. The summed E-state index contributed by atoms with van der Waals surface area (Å²) in [5.41, 5.74) is 0.602. The Balaban J connectivity index is 1.85. The van der Waals surface area contributed by atoms with Gasteiger partial charge in [-0.1, -0.05) is 48.5 Å². The summed E-state index contributed by atoms with van der Waals surface area (Å²) in [6, 6.07) is 18.2. The molecule has 0 bridgehead atoms. The lowest BCUT2D eigenvalue weighted by Crippen LogP contribution is -2.25. The topological polar surface area (TPSA) is 142 Å². The summed E-state index contributed by atoms with van der Waals surface area (Å²) in [7, 11) is 0. The van der Waals surface area contributed by atoms with Gasteiger partial charge in [-0.3, -0.25) is 25.0 Å². The van der Waals surface area contributed by atoms with Crippen LogP contribution < -0.4 is 5.32 Å². The van der Waals surface area contributed by atoms with Crippen molar-refractivity contribution in [3.05, 3.63) is 116 Å². The smallest absolute Gasteiger partial charge is 0.331 e. The zero-order valence-corrected chi connectivity index (χ0v) is 17.9. The van der Waals surface area contributed by atoms with Gasteiger partial charge in [0.2, 0.25) is 6.10 Å². The molecule has 0 saturated carbocycles. The number of carbonyl (C=O) groups is 2. The molecular formula is C24H19N3O7. The molecule has 3 rings (SSSR count). The molecule has 0 aromatic heterocycles. The van der Waals surface area contributed by atoms with Crippen LogP contribution in [-0.4, -0.2) is 21.7 Å². The molecule has 1 unspecified atom stereocenters. The Kier molecular flexibility index (Phi) is 7.45. The van der Waals surface area contributed by atoms with Gasteiger partial charge in [-0.2, -0.15) is 0 Å². The van der Waals surface area contributed by atoms with Crippen molar-refractivity contribution in [2.75, 3.05) is 5.32 Å². The second-order valence-electron chi connectivity index (χ2n) is 7.14. The molecule has 1 N–H and O–H groups in total. The van der Waals surface area contributed by atoms with Gasteiger partial charge in [-0.05, 0) is 30.7 Å². The number of rotatable bonds is 8. The van der Waals surface area contributed by atoms with Gasteiger partial charge in [-0.25, -0.2) is 4.79 Å². The second-order valence-corrected chi connectivity index (χ2v) is 7.14. The van der Waals surface area contributed by atoms with E-state index in [1.54, 1.807) is 49.4 Å². The molecule has 0 spiro atoms. The van der Waals surface area contributed by atoms with E-state index in [-0.39, 0.29) is 22.6 Å². The highest BCUT2D eigenvalue weighted by atomic mass is 16.6. The molecular weight excluding hydrogens is 442 g/mol. The number of nitro benzene ring substituents is 2. The molecule has 0 saturated heterocycles. The van der Waals surface area contributed by atoms with E-state index in [1.165, 1.54) is 36.4 Å². The number of nitrogens with one attached hydrogen (secondary N) is 1. The van der Waals surface area contributed by atoms with Crippen molar-refractivity contribution < 1.29 is 24.2 Å². The van der Waals surface area contributed by atoms with Gasteiger partial charge in [0.15, 0.2) is 0 Å². The molecule has 0 aliphatic rings. The molecule has 3 aromatic carbocycles. The summed E-state index contributed by atoms with van der Waals surface area (Å²) in [6.45, 7) is 1.68. The van der Waals surface area contributed by atoms with Crippen molar-refractivity contribution in [1.82, 2.24) is 0 Å². The van der Waals surface area contributed by atoms with Gasteiger partial charge < -0.3 is 10.1 Å². The first-order valence-electron chi connectivity index (χ1n) is 9.99. The number of esters is 1. The number of aryl methyl sites for hydroxylation is 1. The number of ether oxygens (including phenoxy) is 1. The molecule has 1 amide bonds. The van der Waals surface area contributed by atoms with Crippen LogP contribution in [0.2, 0.25) is 0 Å². The number of anilines is 1. The summed E-state index contributed by atoms with van der Waals surface area (Å²) in [5, 5.41) is 25.0. The monoisotopic (exact) mass is 461 g/mol. The van der Waals surface area contributed by atoms with Gasteiger partial charge in [0.05, 0.1) is 15.4 Å². The van der Waals surface area contributed by atoms with Crippen molar-refractivity contribution in [3.63, 3.8) is 0 Å². The Morgan fingerprint density at radius 2 is 1.56 bits per heavy atom. The summed E-state index contributed by atoms with van der Waals surface area (Å²) in [6.07, 6.45) is 0.760. The summed E-state index contributed by atoms with van der Waals surface area (Å²) in [4.78, 5) is 46.8. The zero-order chi connectivity index (χ0) is 24.7. The van der Waals surface area contributed by atoms with Crippen molar-refractivity contribution in [2.24, 2.45) is 0 Å². The Morgan fingerprint density at radius 3 is 2.24 bits per heavy atom. The standard InChI is InChI=1S/C24H19N3O7/c1-16-11-13-19(21(15-16)27(32)33)25-24(29)23(18-8-3-2-4-9-18)34-22(28)14-12-17-7-5-6-10-20(17)26(30)31/h2-15,23H,1H3,(H,25,29)/b14-12+. The lowest BCUT2D eigenvalue weighted by molar-refractivity contribution is -0.385. The van der Waals surface area contributed by atoms with E-state index in [2.05, 4.69) is 5.32 Å². The van der Waals surface area contributed by atoms with Crippen LogP contribution >= 0.6 is 0 Å². The predicted molar refractivity (Wildman–Crippen MR) is 124 cm³/mol. The van der Waals surface area contributed by atoms with E-state index in [0.717, 1.165) is 6.08 Å². The van der Waals surface area contributed by atoms with E-state index < -0.39 is 27.8 Å². The number of hydrogen-bond donors (Lipinski definition) is 1. The quantitative estimate of drug-likeness (QED) is 0.221. The van der Waals surface area contributed by atoms with Crippen LogP contribution in [-0.2, 0) is 14.3 Å². The first-order valence-corrected chi connectivity index (χ1v) is 9.99. The van der Waals surface area contributed by atoms with Gasteiger partial charge in [0.1, 0.15) is 5.69 Å². The van der Waals surface area contributed by atoms with Gasteiger partial charge >= 0.3 is 5.97 Å². The third-order valence-corrected chi connectivity index (χ3v) is 4.71. The number of nitro groups is 2. The van der Waals surface area contributed by atoms with E-state index in [4.69, 9.17) is 4.74 Å². The van der Waals surface area contributed by atoms with Crippen LogP contribution in [0, 0.1) is 27.2 Å². The Hall–Kier alpha value is -4.86.